The Kier molecular flexibility index (Phi) is 18.0. The zero-order valence-electron chi connectivity index (χ0n) is 33.7. The molecule has 2 saturated heterocycles. The summed E-state index contributed by atoms with van der Waals surface area (Å²) in [5, 5.41) is 41.3. The first-order chi connectivity index (χ1) is 30.6. The van der Waals surface area contributed by atoms with Crippen LogP contribution < -0.4 is 27.8 Å². The van der Waals surface area contributed by atoms with Crippen molar-refractivity contribution in [3.63, 3.8) is 0 Å². The number of piperidine rings is 2. The summed E-state index contributed by atoms with van der Waals surface area (Å²) in [6, 6.07) is 9.99. The smallest absolute Gasteiger partial charge is 0.294 e. The number of hydrogen-bond acceptors (Lipinski definition) is 14. The molecule has 2 atom stereocenters. The molecule has 0 saturated carbocycles. The van der Waals surface area contributed by atoms with Crippen molar-refractivity contribution in [1.29, 1.82) is 0 Å². The average Bonchev–Trinajstić information content (AvgIpc) is 3.24. The topological polar surface area (TPSA) is 315 Å². The number of benzene rings is 4. The molecule has 0 spiro atoms. The third kappa shape index (κ3) is 12.5. The van der Waals surface area contributed by atoms with E-state index in [1.807, 2.05) is 0 Å². The number of alkyl halides is 4. The maximum Gasteiger partial charge on any atom is 0.294 e. The van der Waals surface area contributed by atoms with Crippen molar-refractivity contribution in [3.05, 3.63) is 104 Å². The van der Waals surface area contributed by atoms with Crippen molar-refractivity contribution in [3.8, 4) is 0 Å². The van der Waals surface area contributed by atoms with Crippen LogP contribution in [0.1, 0.15) is 41.0 Å². The fourth-order valence-electron chi connectivity index (χ4n) is 6.14. The van der Waals surface area contributed by atoms with Gasteiger partial charge >= 0.3 is 0 Å². The highest BCUT2D eigenvalue weighted by Gasteiger charge is 2.49. The van der Waals surface area contributed by atoms with E-state index in [2.05, 4.69) is 10.6 Å². The Hall–Kier alpha value is -5.52. The van der Waals surface area contributed by atoms with Crippen LogP contribution in [0.4, 0.5) is 60.5 Å². The first-order valence-electron chi connectivity index (χ1n) is 18.4. The molecule has 6 rings (SSSR count). The van der Waals surface area contributed by atoms with Crippen LogP contribution in [0.5, 0.6) is 0 Å². The van der Waals surface area contributed by atoms with Gasteiger partial charge in [-0.3, -0.25) is 19.7 Å². The Morgan fingerprint density at radius 3 is 1.45 bits per heavy atom. The van der Waals surface area contributed by atoms with E-state index in [-0.39, 0.29) is 46.6 Å². The van der Waals surface area contributed by atoms with Crippen LogP contribution in [-0.2, 0) is 20.0 Å². The Bertz CT molecular complexity index is 2770. The molecular weight excluding hydrogens is 993 g/mol. The summed E-state index contributed by atoms with van der Waals surface area (Å²) < 4.78 is 135. The summed E-state index contributed by atoms with van der Waals surface area (Å²) in [6.45, 7) is -3.51. The van der Waals surface area contributed by atoms with Crippen LogP contribution in [-0.4, -0.2) is 115 Å². The number of nitrogen functional groups attached to an aromatic ring is 3. The van der Waals surface area contributed by atoms with Gasteiger partial charge in [-0.25, -0.2) is 43.2 Å². The average molecular weight is 1040 g/mol. The van der Waals surface area contributed by atoms with Gasteiger partial charge in [-0.15, -0.1) is 0 Å². The monoisotopic (exact) mass is 1030 g/mol. The summed E-state index contributed by atoms with van der Waals surface area (Å²) in [4.78, 5) is 34.0. The highest BCUT2D eigenvalue weighted by Crippen LogP contribution is 2.38. The van der Waals surface area contributed by atoms with Gasteiger partial charge in [0, 0.05) is 48.8 Å². The second kappa shape index (κ2) is 21.6. The van der Waals surface area contributed by atoms with E-state index in [1.54, 1.807) is 0 Å². The van der Waals surface area contributed by atoms with Gasteiger partial charge < -0.3 is 43.2 Å². The molecule has 2 aliphatic rings. The van der Waals surface area contributed by atoms with Gasteiger partial charge in [0.2, 0.25) is 20.0 Å². The summed E-state index contributed by atoms with van der Waals surface area (Å²) in [7, 11) is -8.39. The SMILES string of the molecule is C.CO.Nc1c([N+](=O)[O-])cc(C(=O)Nc2ccc(F)c(Cl)c2)cc1S(=O)(=O)N1CCC(O)C(F)(F)C1.Nc1cc(C(=O)Nc2ccc(F)c(Cl)c2)cc(S(=O)(=O)N2CCC(O)C(F)(F)C2)c1N. The number of aliphatic hydroxyl groups is 3. The summed E-state index contributed by atoms with van der Waals surface area (Å²) >= 11 is 11.3. The number of carbonyl (C=O) groups is 2. The first kappa shape index (κ1) is 55.8. The van der Waals surface area contributed by atoms with E-state index >= 15 is 0 Å². The lowest BCUT2D eigenvalue weighted by atomic mass is 10.1. The zero-order chi connectivity index (χ0) is 49.9. The largest absolute Gasteiger partial charge is 0.400 e. The number of halogens is 8. The quantitative estimate of drug-likeness (QED) is 0.0466. The van der Waals surface area contributed by atoms with Gasteiger partial charge in [0.25, 0.3) is 29.3 Å². The number of anilines is 5. The maximum absolute atomic E-state index is 13.9. The lowest BCUT2D eigenvalue weighted by Crippen LogP contribution is -2.53. The van der Waals surface area contributed by atoms with Gasteiger partial charge in [0.05, 0.1) is 39.4 Å². The lowest BCUT2D eigenvalue weighted by Gasteiger charge is -2.35. The van der Waals surface area contributed by atoms with E-state index < -0.39 is 137 Å². The molecule has 4 aromatic rings. The van der Waals surface area contributed by atoms with Crippen LogP contribution in [0.25, 0.3) is 0 Å². The molecule has 29 heteroatoms. The minimum Gasteiger partial charge on any atom is -0.400 e. The van der Waals surface area contributed by atoms with Gasteiger partial charge in [-0.1, -0.05) is 30.6 Å². The van der Waals surface area contributed by atoms with E-state index in [0.29, 0.717) is 20.7 Å². The number of nitrogens with zero attached hydrogens (tertiary/aromatic N) is 3. The molecule has 0 aromatic heterocycles. The number of nitro benzene ring substituents is 1. The Labute approximate surface area is 388 Å². The van der Waals surface area contributed by atoms with Gasteiger partial charge in [-0.2, -0.15) is 8.61 Å². The number of rotatable bonds is 9. The number of hydrogen-bond donors (Lipinski definition) is 8. The molecule has 2 fully saturated rings. The van der Waals surface area contributed by atoms with E-state index in [9.17, 15) is 73.1 Å². The normalized spacial score (nSPS) is 18.1. The molecular formula is C38H42Cl2F6N8O11S2. The number of nitrogens with one attached hydrogen (secondary N) is 2. The van der Waals surface area contributed by atoms with Crippen LogP contribution in [0.3, 0.4) is 0 Å². The van der Waals surface area contributed by atoms with Crippen LogP contribution in [0.15, 0.2) is 70.5 Å². The molecule has 0 aliphatic carbocycles. The van der Waals surface area contributed by atoms with Crippen LogP contribution in [0, 0.1) is 21.7 Å². The van der Waals surface area contributed by atoms with Gasteiger partial charge in [-0.05, 0) is 67.4 Å². The molecule has 11 N–H and O–H groups in total. The summed E-state index contributed by atoms with van der Waals surface area (Å²) in [5.74, 6) is -10.7. The second-order valence-corrected chi connectivity index (χ2v) is 18.7. The highest BCUT2D eigenvalue weighted by atomic mass is 35.5. The zero-order valence-corrected chi connectivity index (χ0v) is 36.8. The Morgan fingerprint density at radius 1 is 0.716 bits per heavy atom. The number of nitrogens with two attached hydrogens (primary N) is 3. The predicted molar refractivity (Wildman–Crippen MR) is 235 cm³/mol. The third-order valence-electron chi connectivity index (χ3n) is 9.66. The van der Waals surface area contributed by atoms with Crippen molar-refractivity contribution in [2.75, 3.05) is 61.1 Å². The van der Waals surface area contributed by atoms with Crippen molar-refractivity contribution in [2.45, 2.75) is 54.1 Å². The lowest BCUT2D eigenvalue weighted by molar-refractivity contribution is -0.384. The molecule has 19 nitrogen and oxygen atoms in total. The van der Waals surface area contributed by atoms with E-state index in [4.69, 9.17) is 45.5 Å². The summed E-state index contributed by atoms with van der Waals surface area (Å²) in [6.07, 6.45) is -5.09. The highest BCUT2D eigenvalue weighted by molar-refractivity contribution is 7.89. The third-order valence-corrected chi connectivity index (χ3v) is 14.0. The molecule has 2 heterocycles. The van der Waals surface area contributed by atoms with E-state index in [0.717, 1.165) is 49.6 Å². The molecule has 0 radical (unpaired) electrons. The molecule has 67 heavy (non-hydrogen) atoms. The molecule has 2 aliphatic heterocycles. The molecule has 0 bridgehead atoms. The molecule has 2 unspecified atom stereocenters. The fourth-order valence-corrected chi connectivity index (χ4v) is 9.76. The predicted octanol–water partition coefficient (Wildman–Crippen LogP) is 5.14. The van der Waals surface area contributed by atoms with Crippen molar-refractivity contribution >= 4 is 89.2 Å². The molecule has 2 amide bonds. The molecule has 4 aromatic carbocycles. The van der Waals surface area contributed by atoms with Crippen LogP contribution >= 0.6 is 23.2 Å². The summed E-state index contributed by atoms with van der Waals surface area (Å²) in [5.41, 5.74) is 14.1. The number of nitro groups is 1. The van der Waals surface area contributed by atoms with E-state index in [1.165, 1.54) is 6.07 Å². The van der Waals surface area contributed by atoms with Crippen molar-refractivity contribution in [2.24, 2.45) is 0 Å². The standard InChI is InChI=1S/C18H16ClF3N4O6S.C18H18ClF3N4O4S.CH4O.CH4/c19-11-7-10(1-2-12(11)20)24-17(28)9-5-13(26(29)30)16(23)14(6-9)33(31,32)25-4-3-15(27)18(21,22)8-25;19-11-7-10(1-2-12(11)20)25-17(28)9-5-13(23)16(24)14(6-9)31(29,30)26-4-3-15(27)18(21,22)8-26;1-2;/h1-2,5-7,15,27H,3-4,8,23H2,(H,24,28);1-2,5-7,15,27H,3-4,8,23-24H2,(H,25,28);2H,1H3;1H4. The first-order valence-corrected chi connectivity index (χ1v) is 22.1. The van der Waals surface area contributed by atoms with Gasteiger partial charge in [0.1, 0.15) is 39.3 Å². The van der Waals surface area contributed by atoms with Crippen LogP contribution in [0.2, 0.25) is 10.0 Å². The van der Waals surface area contributed by atoms with Crippen molar-refractivity contribution < 1.29 is 73.0 Å². The fraction of sp³-hybridized carbons (Fsp3) is 0.316. The number of carbonyl (C=O) groups excluding carboxylic acids is 2. The number of aliphatic hydroxyl groups excluding tert-OH is 3. The number of amides is 2. The van der Waals surface area contributed by atoms with Crippen molar-refractivity contribution in [1.82, 2.24) is 8.61 Å². The second-order valence-electron chi connectivity index (χ2n) is 14.1. The Morgan fingerprint density at radius 2 is 1.09 bits per heavy atom. The minimum absolute atomic E-state index is 0. The molecule has 368 valence electrons. The van der Waals surface area contributed by atoms with Gasteiger partial charge in [0.15, 0.2) is 0 Å². The maximum atomic E-state index is 13.9. The number of sulfonamides is 2. The Balaban J connectivity index is 0.000000338. The minimum atomic E-state index is -4.82.